The number of hydrazine groups is 1. The third kappa shape index (κ3) is 4.39. The van der Waals surface area contributed by atoms with Crippen LogP contribution in [0.1, 0.15) is 17.2 Å². The van der Waals surface area contributed by atoms with E-state index in [0.717, 1.165) is 25.4 Å². The molecule has 0 bridgehead atoms. The van der Waals surface area contributed by atoms with Gasteiger partial charge in [0, 0.05) is 13.4 Å². The van der Waals surface area contributed by atoms with Gasteiger partial charge in [-0.3, -0.25) is 11.3 Å². The van der Waals surface area contributed by atoms with Gasteiger partial charge in [0.25, 0.3) is 0 Å². The lowest BCUT2D eigenvalue weighted by Crippen LogP contribution is -2.29. The molecule has 0 aliphatic rings. The van der Waals surface area contributed by atoms with E-state index in [1.165, 1.54) is 5.56 Å². The third-order valence-electron chi connectivity index (χ3n) is 2.82. The summed E-state index contributed by atoms with van der Waals surface area (Å²) in [5, 5.41) is 0. The largest absolute Gasteiger partial charge is 0.271 e. The SMILES string of the molecule is NNC(Cc1cccc(Br)c1)c1cc(Br)cc(Br)c1. The van der Waals surface area contributed by atoms with Gasteiger partial charge in [-0.1, -0.05) is 59.9 Å². The van der Waals surface area contributed by atoms with E-state index in [1.807, 2.05) is 18.2 Å². The number of halogens is 3. The molecule has 1 atom stereocenters. The van der Waals surface area contributed by atoms with E-state index in [4.69, 9.17) is 5.84 Å². The molecular weight excluding hydrogens is 436 g/mol. The molecule has 0 aromatic heterocycles. The van der Waals surface area contributed by atoms with E-state index in [2.05, 4.69) is 77.5 Å². The highest BCUT2D eigenvalue weighted by molar-refractivity contribution is 9.11. The molecule has 0 radical (unpaired) electrons. The molecule has 0 saturated carbocycles. The Labute approximate surface area is 138 Å². The summed E-state index contributed by atoms with van der Waals surface area (Å²) in [6.45, 7) is 0. The van der Waals surface area contributed by atoms with Crippen molar-refractivity contribution in [1.29, 1.82) is 0 Å². The van der Waals surface area contributed by atoms with Crippen molar-refractivity contribution in [2.24, 2.45) is 5.84 Å². The van der Waals surface area contributed by atoms with Crippen LogP contribution in [0.5, 0.6) is 0 Å². The van der Waals surface area contributed by atoms with E-state index in [9.17, 15) is 0 Å². The average Bonchev–Trinajstić information content (AvgIpc) is 2.34. The van der Waals surface area contributed by atoms with Gasteiger partial charge in [-0.2, -0.15) is 0 Å². The van der Waals surface area contributed by atoms with E-state index in [0.29, 0.717) is 0 Å². The summed E-state index contributed by atoms with van der Waals surface area (Å²) in [5.74, 6) is 5.70. The number of hydrogen-bond acceptors (Lipinski definition) is 2. The van der Waals surface area contributed by atoms with Gasteiger partial charge in [-0.05, 0) is 47.9 Å². The van der Waals surface area contributed by atoms with Gasteiger partial charge in [0.1, 0.15) is 0 Å². The normalized spacial score (nSPS) is 12.4. The smallest absolute Gasteiger partial charge is 0.0501 e. The number of nitrogens with two attached hydrogens (primary N) is 1. The number of rotatable bonds is 4. The second-order valence-corrected chi connectivity index (χ2v) is 7.00. The first-order valence-electron chi connectivity index (χ1n) is 5.75. The molecule has 2 aromatic rings. The fraction of sp³-hybridized carbons (Fsp3) is 0.143. The van der Waals surface area contributed by atoms with Crippen LogP contribution in [0, 0.1) is 0 Å². The minimum atomic E-state index is 0.0723. The van der Waals surface area contributed by atoms with E-state index < -0.39 is 0 Å². The first-order valence-corrected chi connectivity index (χ1v) is 8.13. The molecule has 0 aliphatic carbocycles. The van der Waals surface area contributed by atoms with Gasteiger partial charge in [-0.15, -0.1) is 0 Å². The van der Waals surface area contributed by atoms with Gasteiger partial charge in [0.2, 0.25) is 0 Å². The molecule has 19 heavy (non-hydrogen) atoms. The highest BCUT2D eigenvalue weighted by atomic mass is 79.9. The number of nitrogens with one attached hydrogen (secondary N) is 1. The van der Waals surface area contributed by atoms with Crippen LogP contribution < -0.4 is 11.3 Å². The van der Waals surface area contributed by atoms with E-state index in [1.54, 1.807) is 0 Å². The van der Waals surface area contributed by atoms with Crippen LogP contribution in [0.15, 0.2) is 55.9 Å². The molecule has 0 amide bonds. The summed E-state index contributed by atoms with van der Waals surface area (Å²) in [6.07, 6.45) is 0.832. The summed E-state index contributed by atoms with van der Waals surface area (Å²) >= 11 is 10.5. The molecule has 0 aliphatic heterocycles. The predicted molar refractivity (Wildman–Crippen MR) is 89.8 cm³/mol. The molecule has 100 valence electrons. The minimum absolute atomic E-state index is 0.0723. The molecule has 2 aromatic carbocycles. The first kappa shape index (κ1) is 15.2. The summed E-state index contributed by atoms with van der Waals surface area (Å²) in [7, 11) is 0. The lowest BCUT2D eigenvalue weighted by atomic mass is 9.99. The maximum Gasteiger partial charge on any atom is 0.0501 e. The van der Waals surface area contributed by atoms with Gasteiger partial charge in [0.05, 0.1) is 6.04 Å². The van der Waals surface area contributed by atoms with Gasteiger partial charge in [0.15, 0.2) is 0 Å². The molecule has 1 unspecified atom stereocenters. The van der Waals surface area contributed by atoms with Gasteiger partial charge >= 0.3 is 0 Å². The van der Waals surface area contributed by atoms with Gasteiger partial charge in [-0.25, -0.2) is 0 Å². The van der Waals surface area contributed by atoms with Crippen LogP contribution in [0.3, 0.4) is 0 Å². The van der Waals surface area contributed by atoms with Crippen LogP contribution in [0.25, 0.3) is 0 Å². The summed E-state index contributed by atoms with van der Waals surface area (Å²) in [6, 6.07) is 14.5. The van der Waals surface area contributed by atoms with Crippen LogP contribution in [0.4, 0.5) is 0 Å². The molecule has 5 heteroatoms. The van der Waals surface area contributed by atoms with Crippen molar-refractivity contribution in [3.8, 4) is 0 Å². The van der Waals surface area contributed by atoms with E-state index in [-0.39, 0.29) is 6.04 Å². The van der Waals surface area contributed by atoms with Crippen LogP contribution in [-0.2, 0) is 6.42 Å². The molecule has 0 heterocycles. The molecule has 0 fully saturated rings. The number of benzene rings is 2. The fourth-order valence-electron chi connectivity index (χ4n) is 1.95. The Balaban J connectivity index is 2.24. The Kier molecular flexibility index (Phi) is 5.59. The maximum absolute atomic E-state index is 5.70. The topological polar surface area (TPSA) is 38.0 Å². The van der Waals surface area contributed by atoms with E-state index >= 15 is 0 Å². The highest BCUT2D eigenvalue weighted by Crippen LogP contribution is 2.26. The zero-order valence-corrected chi connectivity index (χ0v) is 14.8. The van der Waals surface area contributed by atoms with Crippen LogP contribution in [0.2, 0.25) is 0 Å². The molecule has 3 N–H and O–H groups in total. The van der Waals surface area contributed by atoms with Crippen molar-refractivity contribution in [1.82, 2.24) is 5.43 Å². The monoisotopic (exact) mass is 446 g/mol. The van der Waals surface area contributed by atoms with Crippen LogP contribution in [-0.4, -0.2) is 0 Å². The average molecular weight is 449 g/mol. The highest BCUT2D eigenvalue weighted by Gasteiger charge is 2.12. The lowest BCUT2D eigenvalue weighted by Gasteiger charge is -2.17. The lowest BCUT2D eigenvalue weighted by molar-refractivity contribution is 0.551. The molecule has 2 rings (SSSR count). The zero-order chi connectivity index (χ0) is 13.8. The van der Waals surface area contributed by atoms with Crippen molar-refractivity contribution in [3.63, 3.8) is 0 Å². The minimum Gasteiger partial charge on any atom is -0.271 e. The molecule has 2 nitrogen and oxygen atoms in total. The quantitative estimate of drug-likeness (QED) is 0.524. The van der Waals surface area contributed by atoms with Crippen molar-refractivity contribution >= 4 is 47.8 Å². The summed E-state index contributed by atoms with van der Waals surface area (Å²) in [5.41, 5.74) is 5.26. The third-order valence-corrected chi connectivity index (χ3v) is 4.23. The Bertz CT molecular complexity index is 552. The zero-order valence-electron chi connectivity index (χ0n) is 10.0. The van der Waals surface area contributed by atoms with Crippen molar-refractivity contribution in [2.45, 2.75) is 12.5 Å². The summed E-state index contributed by atoms with van der Waals surface area (Å²) in [4.78, 5) is 0. The second-order valence-electron chi connectivity index (χ2n) is 4.26. The molecular formula is C14H13Br3N2. The Morgan fingerprint density at radius 1 is 0.947 bits per heavy atom. The Morgan fingerprint density at radius 3 is 2.21 bits per heavy atom. The Morgan fingerprint density at radius 2 is 1.63 bits per heavy atom. The molecule has 0 saturated heterocycles. The first-order chi connectivity index (χ1) is 9.08. The maximum atomic E-state index is 5.70. The van der Waals surface area contributed by atoms with Gasteiger partial charge < -0.3 is 0 Å². The number of hydrogen-bond donors (Lipinski definition) is 2. The standard InChI is InChI=1S/C14H13Br3N2/c15-11-3-1-2-9(4-11)5-14(19-18)10-6-12(16)8-13(17)7-10/h1-4,6-8,14,19H,5,18H2. The molecule has 0 spiro atoms. The fourth-order valence-corrected chi connectivity index (χ4v) is 3.72. The van der Waals surface area contributed by atoms with Crippen molar-refractivity contribution in [3.05, 3.63) is 67.0 Å². The van der Waals surface area contributed by atoms with Crippen molar-refractivity contribution in [2.75, 3.05) is 0 Å². The summed E-state index contributed by atoms with van der Waals surface area (Å²) < 4.78 is 3.15. The second kappa shape index (κ2) is 6.99. The van der Waals surface area contributed by atoms with Crippen molar-refractivity contribution < 1.29 is 0 Å². The Hall–Kier alpha value is -0.200. The predicted octanol–water partition coefficient (Wildman–Crippen LogP) is 4.72. The van der Waals surface area contributed by atoms with Crippen LogP contribution >= 0.6 is 47.8 Å².